The maximum Gasteiger partial charge on any atom is 0.329 e. The summed E-state index contributed by atoms with van der Waals surface area (Å²) in [5.74, 6) is 0.310. The minimum absolute atomic E-state index is 0.148. The zero-order valence-corrected chi connectivity index (χ0v) is 17.7. The van der Waals surface area contributed by atoms with Crippen molar-refractivity contribution in [1.82, 2.24) is 15.5 Å². The average Bonchev–Trinajstić information content (AvgIpc) is 3.25. The maximum atomic E-state index is 12.6. The molecule has 0 aliphatic carbocycles. The van der Waals surface area contributed by atoms with Crippen LogP contribution in [0.2, 0.25) is 0 Å². The predicted molar refractivity (Wildman–Crippen MR) is 113 cm³/mol. The van der Waals surface area contributed by atoms with Gasteiger partial charge >= 0.3 is 5.97 Å². The summed E-state index contributed by atoms with van der Waals surface area (Å²) in [6.45, 7) is 3.49. The van der Waals surface area contributed by atoms with Crippen molar-refractivity contribution in [3.8, 4) is 17.1 Å². The summed E-state index contributed by atoms with van der Waals surface area (Å²) in [5, 5.41) is 6.66. The van der Waals surface area contributed by atoms with Gasteiger partial charge in [-0.05, 0) is 35.7 Å². The summed E-state index contributed by atoms with van der Waals surface area (Å²) in [6.07, 6.45) is 0.187. The van der Waals surface area contributed by atoms with Crippen molar-refractivity contribution >= 4 is 11.9 Å². The number of rotatable bonds is 9. The van der Waals surface area contributed by atoms with Crippen LogP contribution in [0.25, 0.3) is 11.4 Å². The minimum Gasteiger partial charge on any atom is -0.497 e. The highest BCUT2D eigenvalue weighted by Crippen LogP contribution is 2.20. The van der Waals surface area contributed by atoms with Crippen LogP contribution in [-0.2, 0) is 27.4 Å². The van der Waals surface area contributed by atoms with E-state index in [4.69, 9.17) is 14.0 Å². The first-order valence-corrected chi connectivity index (χ1v) is 9.93. The molecule has 0 aliphatic rings. The van der Waals surface area contributed by atoms with E-state index >= 15 is 0 Å². The van der Waals surface area contributed by atoms with Crippen molar-refractivity contribution in [1.29, 1.82) is 0 Å². The van der Waals surface area contributed by atoms with Gasteiger partial charge in [-0.3, -0.25) is 4.79 Å². The van der Waals surface area contributed by atoms with Crippen molar-refractivity contribution in [3.05, 3.63) is 66.1 Å². The summed E-state index contributed by atoms with van der Waals surface area (Å²) in [4.78, 5) is 29.1. The number of aromatic nitrogens is 2. The van der Waals surface area contributed by atoms with Gasteiger partial charge in [0.05, 0.1) is 13.5 Å². The van der Waals surface area contributed by atoms with Crippen LogP contribution in [-0.4, -0.2) is 35.2 Å². The predicted octanol–water partition coefficient (Wildman–Crippen LogP) is 3.17. The highest BCUT2D eigenvalue weighted by Gasteiger charge is 2.26. The summed E-state index contributed by atoms with van der Waals surface area (Å²) in [5.41, 5.74) is 1.61. The van der Waals surface area contributed by atoms with Crippen LogP contribution in [0, 0.1) is 5.92 Å². The molecule has 3 aromatic rings. The zero-order chi connectivity index (χ0) is 22.2. The normalized spacial score (nSPS) is 11.7. The Bertz CT molecular complexity index is 1000. The zero-order valence-electron chi connectivity index (χ0n) is 17.7. The van der Waals surface area contributed by atoms with Gasteiger partial charge in [-0.25, -0.2) is 4.79 Å². The number of hydrogen-bond acceptors (Lipinski definition) is 7. The van der Waals surface area contributed by atoms with E-state index in [0.717, 1.165) is 16.9 Å². The Hall–Kier alpha value is -3.68. The smallest absolute Gasteiger partial charge is 0.329 e. The molecule has 1 aromatic heterocycles. The third kappa shape index (κ3) is 6.15. The van der Waals surface area contributed by atoms with E-state index in [1.54, 1.807) is 31.4 Å². The van der Waals surface area contributed by atoms with Gasteiger partial charge in [0.15, 0.2) is 6.61 Å². The number of carbonyl (C=O) groups excluding carboxylic acids is 2. The Balaban J connectivity index is 1.56. The molecule has 3 rings (SSSR count). The van der Waals surface area contributed by atoms with E-state index in [9.17, 15) is 9.59 Å². The molecule has 8 nitrogen and oxygen atoms in total. The number of esters is 1. The van der Waals surface area contributed by atoms with Gasteiger partial charge < -0.3 is 19.3 Å². The number of nitrogens with one attached hydrogen (secondary N) is 1. The SMILES string of the molecule is COc1ccc(-c2noc(COC(=O)[C@@H](NC(=O)Cc3ccccc3)C(C)C)n2)cc1. The maximum absolute atomic E-state index is 12.6. The molecule has 1 atom stereocenters. The Kier molecular flexibility index (Phi) is 7.37. The third-order valence-electron chi connectivity index (χ3n) is 4.60. The Morgan fingerprint density at radius 3 is 2.42 bits per heavy atom. The Labute approximate surface area is 180 Å². The summed E-state index contributed by atoms with van der Waals surface area (Å²) in [6, 6.07) is 15.7. The number of nitrogens with zero attached hydrogens (tertiary/aromatic N) is 2. The second kappa shape index (κ2) is 10.4. The molecule has 1 heterocycles. The topological polar surface area (TPSA) is 104 Å². The van der Waals surface area contributed by atoms with E-state index in [2.05, 4.69) is 15.5 Å². The van der Waals surface area contributed by atoms with Gasteiger partial charge in [0.25, 0.3) is 5.89 Å². The fourth-order valence-electron chi connectivity index (χ4n) is 2.90. The van der Waals surface area contributed by atoms with Crippen LogP contribution in [0.15, 0.2) is 59.1 Å². The highest BCUT2D eigenvalue weighted by molar-refractivity contribution is 5.85. The van der Waals surface area contributed by atoms with Crippen molar-refractivity contribution in [2.75, 3.05) is 7.11 Å². The Morgan fingerprint density at radius 2 is 1.77 bits per heavy atom. The van der Waals surface area contributed by atoms with Crippen LogP contribution in [0.3, 0.4) is 0 Å². The lowest BCUT2D eigenvalue weighted by Gasteiger charge is -2.20. The number of ether oxygens (including phenoxy) is 2. The number of amides is 1. The molecular formula is C23H25N3O5. The number of benzene rings is 2. The molecule has 1 N–H and O–H groups in total. The Morgan fingerprint density at radius 1 is 1.06 bits per heavy atom. The quantitative estimate of drug-likeness (QED) is 0.527. The van der Waals surface area contributed by atoms with Crippen molar-refractivity contribution in [2.24, 2.45) is 5.92 Å². The molecule has 0 aliphatic heterocycles. The summed E-state index contributed by atoms with van der Waals surface area (Å²) >= 11 is 0. The lowest BCUT2D eigenvalue weighted by atomic mass is 10.0. The van der Waals surface area contributed by atoms with Gasteiger partial charge in [0, 0.05) is 5.56 Å². The average molecular weight is 423 g/mol. The number of methoxy groups -OCH3 is 1. The van der Waals surface area contributed by atoms with E-state index in [1.165, 1.54) is 0 Å². The molecule has 1 amide bonds. The van der Waals surface area contributed by atoms with Gasteiger partial charge in [0.2, 0.25) is 11.7 Å². The van der Waals surface area contributed by atoms with E-state index < -0.39 is 12.0 Å². The van der Waals surface area contributed by atoms with Crippen LogP contribution in [0.1, 0.15) is 25.3 Å². The van der Waals surface area contributed by atoms with Gasteiger partial charge in [0.1, 0.15) is 11.8 Å². The summed E-state index contributed by atoms with van der Waals surface area (Å²) in [7, 11) is 1.59. The molecule has 0 saturated carbocycles. The first-order valence-electron chi connectivity index (χ1n) is 9.93. The van der Waals surface area contributed by atoms with Crippen LogP contribution in [0.4, 0.5) is 0 Å². The van der Waals surface area contributed by atoms with E-state index in [-0.39, 0.29) is 30.7 Å². The molecule has 0 radical (unpaired) electrons. The largest absolute Gasteiger partial charge is 0.497 e. The molecule has 0 unspecified atom stereocenters. The van der Waals surface area contributed by atoms with Crippen LogP contribution in [0.5, 0.6) is 5.75 Å². The fraction of sp³-hybridized carbons (Fsp3) is 0.304. The van der Waals surface area contributed by atoms with E-state index in [0.29, 0.717) is 5.82 Å². The monoisotopic (exact) mass is 423 g/mol. The van der Waals surface area contributed by atoms with Gasteiger partial charge in [-0.2, -0.15) is 4.98 Å². The van der Waals surface area contributed by atoms with Gasteiger partial charge in [-0.15, -0.1) is 0 Å². The van der Waals surface area contributed by atoms with Crippen molar-refractivity contribution in [3.63, 3.8) is 0 Å². The molecule has 2 aromatic carbocycles. The van der Waals surface area contributed by atoms with Gasteiger partial charge in [-0.1, -0.05) is 49.3 Å². The second-order valence-corrected chi connectivity index (χ2v) is 7.30. The molecule has 8 heteroatoms. The first-order chi connectivity index (χ1) is 15.0. The number of carbonyl (C=O) groups is 2. The minimum atomic E-state index is -0.778. The molecule has 0 saturated heterocycles. The highest BCUT2D eigenvalue weighted by atomic mass is 16.6. The summed E-state index contributed by atoms with van der Waals surface area (Å²) < 4.78 is 15.6. The lowest BCUT2D eigenvalue weighted by Crippen LogP contribution is -2.45. The molecular weight excluding hydrogens is 398 g/mol. The molecule has 0 bridgehead atoms. The van der Waals surface area contributed by atoms with Crippen LogP contribution >= 0.6 is 0 Å². The van der Waals surface area contributed by atoms with Crippen molar-refractivity contribution < 1.29 is 23.6 Å². The second-order valence-electron chi connectivity index (χ2n) is 7.30. The third-order valence-corrected chi connectivity index (χ3v) is 4.60. The standard InChI is InChI=1S/C23H25N3O5/c1-15(2)21(24-19(27)13-16-7-5-4-6-8-16)23(28)30-14-20-25-22(26-31-20)17-9-11-18(29-3)12-10-17/h4-12,15,21H,13-14H2,1-3H3,(H,24,27)/t21-/m0/s1. The first kappa shape index (κ1) is 22.0. The number of hydrogen-bond donors (Lipinski definition) is 1. The molecule has 0 fully saturated rings. The van der Waals surface area contributed by atoms with Crippen LogP contribution < -0.4 is 10.1 Å². The lowest BCUT2D eigenvalue weighted by molar-refractivity contribution is -0.151. The molecule has 0 spiro atoms. The molecule has 162 valence electrons. The van der Waals surface area contributed by atoms with E-state index in [1.807, 2.05) is 44.2 Å². The molecule has 31 heavy (non-hydrogen) atoms. The fourth-order valence-corrected chi connectivity index (χ4v) is 2.90. The van der Waals surface area contributed by atoms with Crippen molar-refractivity contribution in [2.45, 2.75) is 32.9 Å².